The monoisotopic (exact) mass is 232 g/mol. The number of hydrogen-bond donors (Lipinski definition) is 1. The summed E-state index contributed by atoms with van der Waals surface area (Å²) < 4.78 is 41.8. The van der Waals surface area contributed by atoms with Crippen LogP contribution in [0.1, 0.15) is 18.4 Å². The van der Waals surface area contributed by atoms with E-state index >= 15 is 0 Å². The van der Waals surface area contributed by atoms with E-state index in [-0.39, 0.29) is 11.4 Å². The van der Waals surface area contributed by atoms with Crippen molar-refractivity contribution in [2.75, 3.05) is 6.61 Å². The molecule has 0 amide bonds. The van der Waals surface area contributed by atoms with Crippen molar-refractivity contribution in [3.8, 4) is 5.88 Å². The van der Waals surface area contributed by atoms with Crippen LogP contribution in [-0.2, 0) is 6.18 Å². The molecule has 0 aromatic carbocycles. The third-order valence-electron chi connectivity index (χ3n) is 2.46. The van der Waals surface area contributed by atoms with Crippen LogP contribution in [-0.4, -0.2) is 17.1 Å². The zero-order valence-corrected chi connectivity index (χ0v) is 8.42. The summed E-state index contributed by atoms with van der Waals surface area (Å²) in [5.41, 5.74) is 4.68. The molecule has 0 bridgehead atoms. The normalized spacial score (nSPS) is 18.2. The summed E-state index contributed by atoms with van der Waals surface area (Å²) in [5, 5.41) is 0. The highest BCUT2D eigenvalue weighted by molar-refractivity contribution is 5.20. The van der Waals surface area contributed by atoms with E-state index in [1.54, 1.807) is 0 Å². The molecule has 0 aliphatic heterocycles. The van der Waals surface area contributed by atoms with Crippen molar-refractivity contribution in [3.63, 3.8) is 0 Å². The minimum Gasteiger partial charge on any atom is -0.476 e. The van der Waals surface area contributed by atoms with Gasteiger partial charge in [-0.25, -0.2) is 4.98 Å². The first-order valence-corrected chi connectivity index (χ1v) is 4.84. The van der Waals surface area contributed by atoms with Gasteiger partial charge in [0.2, 0.25) is 5.88 Å². The molecule has 0 spiro atoms. The fraction of sp³-hybridized carbons (Fsp3) is 0.500. The SMILES string of the molecule is NC1(COc2ccc(C(F)(F)F)cn2)CC1. The third kappa shape index (κ3) is 2.63. The van der Waals surface area contributed by atoms with E-state index in [0.29, 0.717) is 6.61 Å². The Labute approximate surface area is 90.4 Å². The first-order chi connectivity index (χ1) is 7.39. The molecule has 0 unspecified atom stereocenters. The summed E-state index contributed by atoms with van der Waals surface area (Å²) >= 11 is 0. The first kappa shape index (κ1) is 11.2. The van der Waals surface area contributed by atoms with Crippen molar-refractivity contribution in [1.29, 1.82) is 0 Å². The number of halogens is 3. The van der Waals surface area contributed by atoms with Gasteiger partial charge in [-0.2, -0.15) is 13.2 Å². The maximum absolute atomic E-state index is 12.2. The Hall–Kier alpha value is -1.30. The van der Waals surface area contributed by atoms with Gasteiger partial charge in [0, 0.05) is 12.3 Å². The van der Waals surface area contributed by atoms with Gasteiger partial charge in [0.15, 0.2) is 0 Å². The number of aromatic nitrogens is 1. The molecule has 0 radical (unpaired) electrons. The molecule has 1 fully saturated rings. The standard InChI is InChI=1S/C10H11F3N2O/c11-10(12,13)7-1-2-8(15-5-7)16-6-9(14)3-4-9/h1-2,5H,3-4,6,14H2. The first-order valence-electron chi connectivity index (χ1n) is 4.84. The molecule has 0 atom stereocenters. The molecule has 16 heavy (non-hydrogen) atoms. The van der Waals surface area contributed by atoms with Gasteiger partial charge in [-0.1, -0.05) is 0 Å². The van der Waals surface area contributed by atoms with Crippen molar-refractivity contribution in [3.05, 3.63) is 23.9 Å². The van der Waals surface area contributed by atoms with E-state index in [2.05, 4.69) is 4.98 Å². The number of rotatable bonds is 3. The Kier molecular flexibility index (Phi) is 2.53. The Morgan fingerprint density at radius 2 is 2.06 bits per heavy atom. The Bertz CT molecular complexity index is 371. The number of nitrogens with zero attached hydrogens (tertiary/aromatic N) is 1. The zero-order chi connectivity index (χ0) is 11.8. The minimum absolute atomic E-state index is 0.171. The average Bonchev–Trinajstić information content (AvgIpc) is 2.94. The number of pyridine rings is 1. The summed E-state index contributed by atoms with van der Waals surface area (Å²) in [6.45, 7) is 0.297. The number of alkyl halides is 3. The van der Waals surface area contributed by atoms with E-state index < -0.39 is 11.7 Å². The lowest BCUT2D eigenvalue weighted by molar-refractivity contribution is -0.137. The molecule has 1 aliphatic rings. The molecule has 1 aromatic rings. The minimum atomic E-state index is -4.36. The topological polar surface area (TPSA) is 48.1 Å². The maximum atomic E-state index is 12.2. The summed E-state index contributed by atoms with van der Waals surface area (Å²) in [5.74, 6) is 0.171. The molecular weight excluding hydrogens is 221 g/mol. The smallest absolute Gasteiger partial charge is 0.417 e. The Morgan fingerprint density at radius 3 is 2.50 bits per heavy atom. The second kappa shape index (κ2) is 3.62. The van der Waals surface area contributed by atoms with Crippen LogP contribution in [0.4, 0.5) is 13.2 Å². The van der Waals surface area contributed by atoms with E-state index in [9.17, 15) is 13.2 Å². The fourth-order valence-electron chi connectivity index (χ4n) is 1.16. The molecule has 6 heteroatoms. The van der Waals surface area contributed by atoms with Crippen molar-refractivity contribution in [1.82, 2.24) is 4.98 Å². The predicted octanol–water partition coefficient (Wildman–Crippen LogP) is 1.97. The summed E-state index contributed by atoms with van der Waals surface area (Å²) in [6, 6.07) is 2.15. The second-order valence-corrected chi connectivity index (χ2v) is 4.03. The highest BCUT2D eigenvalue weighted by atomic mass is 19.4. The average molecular weight is 232 g/mol. The maximum Gasteiger partial charge on any atom is 0.417 e. The van der Waals surface area contributed by atoms with Gasteiger partial charge in [-0.3, -0.25) is 0 Å². The van der Waals surface area contributed by atoms with Crippen LogP contribution < -0.4 is 10.5 Å². The third-order valence-corrected chi connectivity index (χ3v) is 2.46. The van der Waals surface area contributed by atoms with Crippen molar-refractivity contribution in [2.24, 2.45) is 5.73 Å². The molecule has 88 valence electrons. The van der Waals surface area contributed by atoms with Crippen molar-refractivity contribution in [2.45, 2.75) is 24.6 Å². The molecule has 2 rings (SSSR count). The molecule has 3 nitrogen and oxygen atoms in total. The molecular formula is C10H11F3N2O. The summed E-state index contributed by atoms with van der Waals surface area (Å²) in [7, 11) is 0. The van der Waals surface area contributed by atoms with Gasteiger partial charge in [0.1, 0.15) is 6.61 Å². The fourth-order valence-corrected chi connectivity index (χ4v) is 1.16. The van der Waals surface area contributed by atoms with E-state index in [1.165, 1.54) is 6.07 Å². The number of nitrogens with two attached hydrogens (primary N) is 1. The highest BCUT2D eigenvalue weighted by Crippen LogP contribution is 2.33. The lowest BCUT2D eigenvalue weighted by Gasteiger charge is -2.11. The molecule has 0 saturated heterocycles. The van der Waals surface area contributed by atoms with Gasteiger partial charge >= 0.3 is 6.18 Å². The van der Waals surface area contributed by atoms with E-state index in [0.717, 1.165) is 25.1 Å². The van der Waals surface area contributed by atoms with E-state index in [1.807, 2.05) is 0 Å². The van der Waals surface area contributed by atoms with Crippen LogP contribution in [0, 0.1) is 0 Å². The van der Waals surface area contributed by atoms with Gasteiger partial charge in [-0.05, 0) is 18.9 Å². The Morgan fingerprint density at radius 1 is 1.38 bits per heavy atom. The van der Waals surface area contributed by atoms with Crippen LogP contribution in [0.15, 0.2) is 18.3 Å². The molecule has 1 saturated carbocycles. The van der Waals surface area contributed by atoms with Crippen molar-refractivity contribution >= 4 is 0 Å². The second-order valence-electron chi connectivity index (χ2n) is 4.03. The van der Waals surface area contributed by atoms with Crippen LogP contribution in [0.5, 0.6) is 5.88 Å². The number of hydrogen-bond acceptors (Lipinski definition) is 3. The zero-order valence-electron chi connectivity index (χ0n) is 8.42. The predicted molar refractivity (Wildman–Crippen MR) is 50.9 cm³/mol. The molecule has 2 N–H and O–H groups in total. The van der Waals surface area contributed by atoms with Crippen molar-refractivity contribution < 1.29 is 17.9 Å². The summed E-state index contributed by atoms with van der Waals surface area (Å²) in [6.07, 6.45) is -1.84. The van der Waals surface area contributed by atoms with E-state index in [4.69, 9.17) is 10.5 Å². The van der Waals surface area contributed by atoms with Gasteiger partial charge in [0.05, 0.1) is 11.1 Å². The molecule has 1 aromatic heterocycles. The van der Waals surface area contributed by atoms with Crippen LogP contribution in [0.3, 0.4) is 0 Å². The summed E-state index contributed by atoms with van der Waals surface area (Å²) in [4.78, 5) is 3.58. The van der Waals surface area contributed by atoms with Gasteiger partial charge < -0.3 is 10.5 Å². The van der Waals surface area contributed by atoms with Crippen LogP contribution in [0.25, 0.3) is 0 Å². The number of ether oxygens (including phenoxy) is 1. The van der Waals surface area contributed by atoms with Crippen LogP contribution in [0.2, 0.25) is 0 Å². The Balaban J connectivity index is 1.96. The molecule has 1 aliphatic carbocycles. The lowest BCUT2D eigenvalue weighted by Crippen LogP contribution is -2.29. The van der Waals surface area contributed by atoms with Crippen LogP contribution >= 0.6 is 0 Å². The quantitative estimate of drug-likeness (QED) is 0.866. The van der Waals surface area contributed by atoms with Gasteiger partial charge in [-0.15, -0.1) is 0 Å². The lowest BCUT2D eigenvalue weighted by atomic mass is 10.3. The molecule has 1 heterocycles. The highest BCUT2D eigenvalue weighted by Gasteiger charge is 2.39. The van der Waals surface area contributed by atoms with Gasteiger partial charge in [0.25, 0.3) is 0 Å². The largest absolute Gasteiger partial charge is 0.476 e.